The topological polar surface area (TPSA) is 81.2 Å². The van der Waals surface area contributed by atoms with Crippen molar-refractivity contribution >= 4 is 5.91 Å². The van der Waals surface area contributed by atoms with Crippen LogP contribution in [0.15, 0.2) is 10.7 Å². The van der Waals surface area contributed by atoms with E-state index in [1.165, 1.54) is 6.26 Å². The molecule has 5 nitrogen and oxygen atoms in total. The van der Waals surface area contributed by atoms with E-state index in [4.69, 9.17) is 10.2 Å². The van der Waals surface area contributed by atoms with Crippen molar-refractivity contribution in [3.8, 4) is 0 Å². The first-order chi connectivity index (χ1) is 8.49. The summed E-state index contributed by atoms with van der Waals surface area (Å²) in [6, 6.07) is -0.101. The van der Waals surface area contributed by atoms with Crippen LogP contribution in [-0.2, 0) is 0 Å². The fourth-order valence-electron chi connectivity index (χ4n) is 1.58. The predicted molar refractivity (Wildman–Crippen MR) is 70.1 cm³/mol. The summed E-state index contributed by atoms with van der Waals surface area (Å²) in [4.78, 5) is 16.1. The van der Waals surface area contributed by atoms with Crippen molar-refractivity contribution < 1.29 is 9.21 Å². The van der Waals surface area contributed by atoms with E-state index < -0.39 is 0 Å². The summed E-state index contributed by atoms with van der Waals surface area (Å²) in [5.41, 5.74) is 6.22. The Hall–Kier alpha value is -1.36. The number of hydrogen-bond donors (Lipinski definition) is 2. The SMILES string of the molecule is CCC(CC)NC(=O)c1coc(C(N)C(C)C)n1. The van der Waals surface area contributed by atoms with Gasteiger partial charge in [0.1, 0.15) is 6.26 Å². The molecule has 0 bridgehead atoms. The molecule has 1 atom stereocenters. The van der Waals surface area contributed by atoms with Crippen LogP contribution in [0.5, 0.6) is 0 Å². The zero-order valence-corrected chi connectivity index (χ0v) is 11.6. The smallest absolute Gasteiger partial charge is 0.273 e. The number of carbonyl (C=O) groups excluding carboxylic acids is 1. The molecule has 1 unspecified atom stereocenters. The Bertz CT molecular complexity index is 383. The molecular formula is C13H23N3O2. The van der Waals surface area contributed by atoms with Crippen LogP contribution in [0.25, 0.3) is 0 Å². The molecule has 1 amide bonds. The highest BCUT2D eigenvalue weighted by Crippen LogP contribution is 2.18. The number of nitrogens with zero attached hydrogens (tertiary/aromatic N) is 1. The molecule has 5 heteroatoms. The summed E-state index contributed by atoms with van der Waals surface area (Å²) in [6.45, 7) is 8.05. The molecule has 0 radical (unpaired) electrons. The lowest BCUT2D eigenvalue weighted by molar-refractivity contribution is 0.0929. The molecule has 0 saturated carbocycles. The van der Waals surface area contributed by atoms with Crippen molar-refractivity contribution in [3.63, 3.8) is 0 Å². The van der Waals surface area contributed by atoms with Crippen LogP contribution in [0, 0.1) is 5.92 Å². The van der Waals surface area contributed by atoms with Crippen molar-refractivity contribution in [1.82, 2.24) is 10.3 Å². The van der Waals surface area contributed by atoms with E-state index in [1.54, 1.807) is 0 Å². The Morgan fingerprint density at radius 2 is 2.06 bits per heavy atom. The highest BCUT2D eigenvalue weighted by Gasteiger charge is 2.20. The van der Waals surface area contributed by atoms with E-state index in [1.807, 2.05) is 27.7 Å². The van der Waals surface area contributed by atoms with Gasteiger partial charge in [-0.3, -0.25) is 4.79 Å². The largest absolute Gasteiger partial charge is 0.446 e. The van der Waals surface area contributed by atoms with E-state index in [0.29, 0.717) is 11.6 Å². The van der Waals surface area contributed by atoms with Crippen molar-refractivity contribution in [2.75, 3.05) is 0 Å². The van der Waals surface area contributed by atoms with Crippen LogP contribution < -0.4 is 11.1 Å². The Labute approximate surface area is 108 Å². The maximum atomic E-state index is 11.9. The zero-order valence-electron chi connectivity index (χ0n) is 11.6. The lowest BCUT2D eigenvalue weighted by Crippen LogP contribution is -2.34. The third-order valence-corrected chi connectivity index (χ3v) is 3.08. The van der Waals surface area contributed by atoms with Gasteiger partial charge in [0.05, 0.1) is 6.04 Å². The monoisotopic (exact) mass is 253 g/mol. The van der Waals surface area contributed by atoms with E-state index >= 15 is 0 Å². The van der Waals surface area contributed by atoms with Gasteiger partial charge in [-0.05, 0) is 18.8 Å². The molecule has 0 aliphatic rings. The summed E-state index contributed by atoms with van der Waals surface area (Å²) >= 11 is 0. The third kappa shape index (κ3) is 3.57. The maximum Gasteiger partial charge on any atom is 0.273 e. The number of amides is 1. The van der Waals surface area contributed by atoms with Crippen LogP contribution >= 0.6 is 0 Å². The molecule has 18 heavy (non-hydrogen) atoms. The minimum atomic E-state index is -0.278. The molecule has 1 aromatic heterocycles. The van der Waals surface area contributed by atoms with E-state index in [2.05, 4.69) is 10.3 Å². The van der Waals surface area contributed by atoms with Crippen LogP contribution in [0.4, 0.5) is 0 Å². The average molecular weight is 253 g/mol. The van der Waals surface area contributed by atoms with Crippen molar-refractivity contribution in [2.45, 2.75) is 52.6 Å². The normalized spacial score (nSPS) is 13.1. The quantitative estimate of drug-likeness (QED) is 0.814. The lowest BCUT2D eigenvalue weighted by atomic mass is 10.1. The number of rotatable bonds is 6. The molecule has 0 aliphatic heterocycles. The van der Waals surface area contributed by atoms with Gasteiger partial charge >= 0.3 is 0 Å². The summed E-state index contributed by atoms with van der Waals surface area (Å²) in [6.07, 6.45) is 3.17. The molecule has 1 aromatic rings. The molecular weight excluding hydrogens is 230 g/mol. The van der Waals surface area contributed by atoms with Gasteiger partial charge < -0.3 is 15.5 Å². The predicted octanol–water partition coefficient (Wildman–Crippen LogP) is 2.25. The van der Waals surface area contributed by atoms with Gasteiger partial charge in [0.15, 0.2) is 5.69 Å². The first kappa shape index (κ1) is 14.7. The highest BCUT2D eigenvalue weighted by atomic mass is 16.3. The molecule has 0 aromatic carbocycles. The second kappa shape index (κ2) is 6.54. The number of hydrogen-bond acceptors (Lipinski definition) is 4. The molecule has 0 spiro atoms. The van der Waals surface area contributed by atoms with Gasteiger partial charge in [0.2, 0.25) is 5.89 Å². The molecule has 102 valence electrons. The molecule has 1 rings (SSSR count). The van der Waals surface area contributed by atoms with Crippen molar-refractivity contribution in [3.05, 3.63) is 17.8 Å². The minimum Gasteiger partial charge on any atom is -0.446 e. The Morgan fingerprint density at radius 3 is 2.56 bits per heavy atom. The second-order valence-electron chi connectivity index (χ2n) is 4.83. The second-order valence-corrected chi connectivity index (χ2v) is 4.83. The first-order valence-corrected chi connectivity index (χ1v) is 6.51. The van der Waals surface area contributed by atoms with E-state index in [9.17, 15) is 4.79 Å². The standard InChI is InChI=1S/C13H23N3O2/c1-5-9(6-2)15-12(17)10-7-18-13(16-10)11(14)8(3)4/h7-9,11H,5-6,14H2,1-4H3,(H,15,17). The van der Waals surface area contributed by atoms with E-state index in [0.717, 1.165) is 12.8 Å². The van der Waals surface area contributed by atoms with E-state index in [-0.39, 0.29) is 23.9 Å². The summed E-state index contributed by atoms with van der Waals surface area (Å²) in [5, 5.41) is 2.91. The number of oxazole rings is 1. The Kier molecular flexibility index (Phi) is 5.34. The first-order valence-electron chi connectivity index (χ1n) is 6.51. The fourth-order valence-corrected chi connectivity index (χ4v) is 1.58. The number of nitrogens with one attached hydrogen (secondary N) is 1. The third-order valence-electron chi connectivity index (χ3n) is 3.08. The zero-order chi connectivity index (χ0) is 13.7. The molecule has 0 fully saturated rings. The van der Waals surface area contributed by atoms with Crippen molar-refractivity contribution in [2.24, 2.45) is 11.7 Å². The molecule has 0 aliphatic carbocycles. The van der Waals surface area contributed by atoms with Gasteiger partial charge in [0.25, 0.3) is 5.91 Å². The van der Waals surface area contributed by atoms with Crippen LogP contribution in [0.3, 0.4) is 0 Å². The fraction of sp³-hybridized carbons (Fsp3) is 0.692. The highest BCUT2D eigenvalue weighted by molar-refractivity contribution is 5.92. The van der Waals surface area contributed by atoms with Crippen LogP contribution in [-0.4, -0.2) is 16.9 Å². The maximum absolute atomic E-state index is 11.9. The lowest BCUT2D eigenvalue weighted by Gasteiger charge is -2.13. The van der Waals surface area contributed by atoms with Gasteiger partial charge in [-0.1, -0.05) is 27.7 Å². The summed E-state index contributed by atoms with van der Waals surface area (Å²) in [5.74, 6) is 0.438. The van der Waals surface area contributed by atoms with Gasteiger partial charge in [-0.2, -0.15) is 0 Å². The van der Waals surface area contributed by atoms with Crippen molar-refractivity contribution in [1.29, 1.82) is 0 Å². The summed E-state index contributed by atoms with van der Waals surface area (Å²) < 4.78 is 5.26. The van der Waals surface area contributed by atoms with Gasteiger partial charge in [-0.15, -0.1) is 0 Å². The number of nitrogens with two attached hydrogens (primary N) is 1. The molecule has 1 heterocycles. The number of carbonyl (C=O) groups is 1. The molecule has 0 saturated heterocycles. The minimum absolute atomic E-state index is 0.177. The Balaban J connectivity index is 2.70. The number of aromatic nitrogens is 1. The Morgan fingerprint density at radius 1 is 1.44 bits per heavy atom. The van der Waals surface area contributed by atoms with Gasteiger partial charge in [0, 0.05) is 6.04 Å². The average Bonchev–Trinajstić information content (AvgIpc) is 2.84. The van der Waals surface area contributed by atoms with Crippen LogP contribution in [0.1, 0.15) is 63.0 Å². The van der Waals surface area contributed by atoms with Gasteiger partial charge in [-0.25, -0.2) is 4.98 Å². The summed E-state index contributed by atoms with van der Waals surface area (Å²) in [7, 11) is 0. The van der Waals surface area contributed by atoms with Crippen LogP contribution in [0.2, 0.25) is 0 Å². The molecule has 3 N–H and O–H groups in total.